The fraction of sp³-hybridized carbons (Fsp3) is 0.161. The van der Waals surface area contributed by atoms with Crippen LogP contribution in [0.1, 0.15) is 24.5 Å². The molecule has 186 valence electrons. The lowest BCUT2D eigenvalue weighted by Crippen LogP contribution is -2.23. The van der Waals surface area contributed by atoms with E-state index in [4.69, 9.17) is 0 Å². The molecule has 0 saturated heterocycles. The maximum Gasteiger partial charge on any atom is 0.181 e. The number of hydrogen-bond acceptors (Lipinski definition) is 4. The summed E-state index contributed by atoms with van der Waals surface area (Å²) >= 11 is 0. The summed E-state index contributed by atoms with van der Waals surface area (Å²) < 4.78 is 0. The number of aromatic amines is 2. The number of aromatic nitrogens is 4. The van der Waals surface area contributed by atoms with Crippen molar-refractivity contribution >= 4 is 33.1 Å². The van der Waals surface area contributed by atoms with Crippen LogP contribution in [0, 0.1) is 0 Å². The number of hydrogen-bond donors (Lipinski definition) is 3. The van der Waals surface area contributed by atoms with Gasteiger partial charge in [0.2, 0.25) is 0 Å². The maximum atomic E-state index is 4.65. The first kappa shape index (κ1) is 24.3. The van der Waals surface area contributed by atoms with Crippen LogP contribution in [-0.4, -0.2) is 45.7 Å². The molecule has 6 heteroatoms. The van der Waals surface area contributed by atoms with E-state index in [1.54, 1.807) is 6.08 Å². The highest BCUT2D eigenvalue weighted by Crippen LogP contribution is 2.34. The van der Waals surface area contributed by atoms with Crippen molar-refractivity contribution in [3.63, 3.8) is 0 Å². The lowest BCUT2D eigenvalue weighted by molar-refractivity contribution is 0.438. The average molecular weight is 489 g/mol. The van der Waals surface area contributed by atoms with Crippen LogP contribution in [0.15, 0.2) is 97.5 Å². The van der Waals surface area contributed by atoms with Gasteiger partial charge in [-0.15, -0.1) is 0 Å². The lowest BCUT2D eigenvalue weighted by atomic mass is 10.0. The van der Waals surface area contributed by atoms with E-state index in [0.29, 0.717) is 5.65 Å². The van der Waals surface area contributed by atoms with Crippen LogP contribution in [0.25, 0.3) is 44.5 Å². The van der Waals surface area contributed by atoms with E-state index >= 15 is 0 Å². The van der Waals surface area contributed by atoms with Crippen molar-refractivity contribution in [1.82, 2.24) is 30.4 Å². The summed E-state index contributed by atoms with van der Waals surface area (Å²) in [5.41, 5.74) is 9.98. The van der Waals surface area contributed by atoms with E-state index in [1.165, 1.54) is 16.5 Å². The average Bonchev–Trinajstić information content (AvgIpc) is 3.64. The highest BCUT2D eigenvalue weighted by atomic mass is 15.2. The SMILES string of the molecule is C=C/C(=C\C(=C/C)c1cnc2n[nH]c(-c3cc4c(C5=CCC=C5)cccc4[nH]3)c2c1)NC(=C)CN(C)C. The molecular weight excluding hydrogens is 456 g/mol. The standard InChI is InChI=1S/C31H32N6/c1-6-21(15-24(7-2)33-20(3)19-37(4)5)23-16-27-30(35-36-31(27)32-18-23)29-17-26-25(22-11-8-9-12-22)13-10-14-28(26)34-29/h6-8,10-18,33-34H,2-3,9,19H2,1,4-5H3,(H,32,35,36)/b21-6+,24-15+. The number of benzene rings is 1. The van der Waals surface area contributed by atoms with Crippen molar-refractivity contribution in [3.05, 3.63) is 109 Å². The molecule has 1 aliphatic carbocycles. The van der Waals surface area contributed by atoms with E-state index in [1.807, 2.05) is 27.2 Å². The van der Waals surface area contributed by atoms with Crippen molar-refractivity contribution in [3.8, 4) is 11.4 Å². The van der Waals surface area contributed by atoms with Crippen LogP contribution in [0.3, 0.4) is 0 Å². The molecule has 0 fully saturated rings. The normalized spacial score (nSPS) is 14.1. The molecule has 3 N–H and O–H groups in total. The highest BCUT2D eigenvalue weighted by Gasteiger charge is 2.15. The van der Waals surface area contributed by atoms with Crippen LogP contribution in [0.4, 0.5) is 0 Å². The molecule has 0 amide bonds. The van der Waals surface area contributed by atoms with Gasteiger partial charge in [-0.25, -0.2) is 4.98 Å². The van der Waals surface area contributed by atoms with Gasteiger partial charge < -0.3 is 15.2 Å². The summed E-state index contributed by atoms with van der Waals surface area (Å²) in [7, 11) is 4.03. The molecule has 37 heavy (non-hydrogen) atoms. The van der Waals surface area contributed by atoms with Crippen LogP contribution in [0.2, 0.25) is 0 Å². The van der Waals surface area contributed by atoms with E-state index in [-0.39, 0.29) is 0 Å². The fourth-order valence-electron chi connectivity index (χ4n) is 4.73. The molecule has 0 bridgehead atoms. The summed E-state index contributed by atoms with van der Waals surface area (Å²) in [5.74, 6) is 0. The summed E-state index contributed by atoms with van der Waals surface area (Å²) in [6, 6.07) is 10.7. The number of H-pyrrole nitrogens is 2. The Labute approximate surface area is 217 Å². The minimum Gasteiger partial charge on any atom is -0.358 e. The molecule has 0 unspecified atom stereocenters. The topological polar surface area (TPSA) is 72.6 Å². The van der Waals surface area contributed by atoms with Crippen LogP contribution < -0.4 is 5.32 Å². The third-order valence-electron chi connectivity index (χ3n) is 6.43. The summed E-state index contributed by atoms with van der Waals surface area (Å²) in [6.45, 7) is 10.8. The molecule has 3 aromatic heterocycles. The summed E-state index contributed by atoms with van der Waals surface area (Å²) in [6.07, 6.45) is 15.4. The first-order valence-electron chi connectivity index (χ1n) is 12.4. The monoisotopic (exact) mass is 488 g/mol. The second-order valence-corrected chi connectivity index (χ2v) is 9.46. The van der Waals surface area contributed by atoms with E-state index in [0.717, 1.165) is 57.8 Å². The smallest absolute Gasteiger partial charge is 0.181 e. The fourth-order valence-corrected chi connectivity index (χ4v) is 4.73. The van der Waals surface area contributed by atoms with Gasteiger partial charge >= 0.3 is 0 Å². The van der Waals surface area contributed by atoms with Gasteiger partial charge in [-0.05, 0) is 74.5 Å². The Bertz CT molecular complexity index is 1620. The summed E-state index contributed by atoms with van der Waals surface area (Å²) in [4.78, 5) is 10.3. The van der Waals surface area contributed by atoms with Gasteiger partial charge in [-0.3, -0.25) is 5.10 Å². The zero-order chi connectivity index (χ0) is 25.9. The maximum absolute atomic E-state index is 4.65. The Hall–Kier alpha value is -4.42. The number of fused-ring (bicyclic) bond motifs is 2. The first-order chi connectivity index (χ1) is 18.0. The molecule has 0 atom stereocenters. The second kappa shape index (κ2) is 10.3. The van der Waals surface area contributed by atoms with Crippen LogP contribution >= 0.6 is 0 Å². The van der Waals surface area contributed by atoms with Crippen LogP contribution in [-0.2, 0) is 0 Å². The van der Waals surface area contributed by atoms with E-state index in [9.17, 15) is 0 Å². The lowest BCUT2D eigenvalue weighted by Gasteiger charge is -2.15. The molecule has 0 spiro atoms. The number of likely N-dealkylation sites (N-methyl/N-ethyl adjacent to an activating group) is 1. The third kappa shape index (κ3) is 4.97. The van der Waals surface area contributed by atoms with Crippen molar-refractivity contribution in [2.45, 2.75) is 13.3 Å². The minimum atomic E-state index is 0.680. The Balaban J connectivity index is 1.52. The number of pyridine rings is 1. The Kier molecular flexibility index (Phi) is 6.75. The van der Waals surface area contributed by atoms with Crippen LogP contribution in [0.5, 0.6) is 0 Å². The Morgan fingerprint density at radius 1 is 1.22 bits per heavy atom. The van der Waals surface area contributed by atoms with Crippen molar-refractivity contribution < 1.29 is 0 Å². The third-order valence-corrected chi connectivity index (χ3v) is 6.43. The number of rotatable bonds is 9. The molecule has 1 aliphatic rings. The number of allylic oxidation sites excluding steroid dienone is 8. The molecule has 4 aromatic rings. The van der Waals surface area contributed by atoms with Crippen molar-refractivity contribution in [2.75, 3.05) is 20.6 Å². The van der Waals surface area contributed by atoms with Gasteiger partial charge in [-0.1, -0.05) is 49.6 Å². The molecular formula is C31H32N6. The predicted molar refractivity (Wildman–Crippen MR) is 156 cm³/mol. The predicted octanol–water partition coefficient (Wildman–Crippen LogP) is 6.59. The number of nitrogens with zero attached hydrogens (tertiary/aromatic N) is 3. The quantitative estimate of drug-likeness (QED) is 0.233. The molecule has 1 aromatic carbocycles. The zero-order valence-electron chi connectivity index (χ0n) is 21.6. The minimum absolute atomic E-state index is 0.680. The first-order valence-corrected chi connectivity index (χ1v) is 12.4. The van der Waals surface area contributed by atoms with E-state index < -0.39 is 0 Å². The Morgan fingerprint density at radius 2 is 2.08 bits per heavy atom. The molecule has 0 aliphatic heterocycles. The van der Waals surface area contributed by atoms with Gasteiger partial charge in [0.15, 0.2) is 5.65 Å². The highest BCUT2D eigenvalue weighted by molar-refractivity contribution is 6.00. The van der Waals surface area contributed by atoms with Gasteiger partial charge in [0.05, 0.1) is 11.4 Å². The largest absolute Gasteiger partial charge is 0.358 e. The molecule has 5 rings (SSSR count). The second-order valence-electron chi connectivity index (χ2n) is 9.46. The van der Waals surface area contributed by atoms with E-state index in [2.05, 4.69) is 104 Å². The zero-order valence-corrected chi connectivity index (χ0v) is 21.6. The molecule has 0 saturated carbocycles. The van der Waals surface area contributed by atoms with Gasteiger partial charge in [-0.2, -0.15) is 5.10 Å². The molecule has 3 heterocycles. The molecule has 0 radical (unpaired) electrons. The van der Waals surface area contributed by atoms with Gasteiger partial charge in [0.1, 0.15) is 0 Å². The Morgan fingerprint density at radius 3 is 2.81 bits per heavy atom. The number of nitrogens with one attached hydrogen (secondary N) is 3. The van der Waals surface area contributed by atoms with Gasteiger partial charge in [0.25, 0.3) is 0 Å². The van der Waals surface area contributed by atoms with Gasteiger partial charge in [0, 0.05) is 46.0 Å². The van der Waals surface area contributed by atoms with Crippen molar-refractivity contribution in [1.29, 1.82) is 0 Å². The summed E-state index contributed by atoms with van der Waals surface area (Å²) in [5, 5.41) is 13.2. The van der Waals surface area contributed by atoms with Crippen molar-refractivity contribution in [2.24, 2.45) is 0 Å². The molecule has 6 nitrogen and oxygen atoms in total.